The Morgan fingerprint density at radius 1 is 1.48 bits per heavy atom. The number of hydrogen-bond donors (Lipinski definition) is 1. The molecule has 5 nitrogen and oxygen atoms in total. The second-order valence-electron chi connectivity index (χ2n) is 5.16. The molecule has 1 fully saturated rings. The topological polar surface area (TPSA) is 58.6 Å². The molecule has 2 rings (SSSR count). The van der Waals surface area contributed by atoms with Crippen molar-refractivity contribution in [3.63, 3.8) is 0 Å². The number of benzene rings is 1. The monoisotopic (exact) mass is 316 g/mol. The number of nitrogens with one attached hydrogen (secondary N) is 1. The molecule has 0 radical (unpaired) electrons. The highest BCUT2D eigenvalue weighted by Crippen LogP contribution is 2.24. The van der Waals surface area contributed by atoms with Gasteiger partial charge >= 0.3 is 0 Å². The van der Waals surface area contributed by atoms with E-state index in [9.17, 15) is 12.8 Å². The molecule has 118 valence electrons. The second kappa shape index (κ2) is 6.83. The normalized spacial score (nSPS) is 20.6. The molecule has 1 atom stereocenters. The first-order chi connectivity index (χ1) is 9.98. The van der Waals surface area contributed by atoms with Crippen molar-refractivity contribution in [3.8, 4) is 0 Å². The number of ether oxygens (including phenoxy) is 1. The number of piperidine rings is 1. The van der Waals surface area contributed by atoms with E-state index in [-0.39, 0.29) is 17.5 Å². The van der Waals surface area contributed by atoms with Gasteiger partial charge in [0.1, 0.15) is 10.7 Å². The van der Waals surface area contributed by atoms with Gasteiger partial charge in [-0.1, -0.05) is 6.07 Å². The average Bonchev–Trinajstić information content (AvgIpc) is 2.47. The Morgan fingerprint density at radius 2 is 2.24 bits per heavy atom. The minimum atomic E-state index is -3.81. The van der Waals surface area contributed by atoms with Crippen LogP contribution in [0, 0.1) is 5.82 Å². The van der Waals surface area contributed by atoms with Crippen molar-refractivity contribution >= 4 is 10.0 Å². The van der Waals surface area contributed by atoms with Crippen molar-refractivity contribution in [3.05, 3.63) is 29.6 Å². The molecule has 1 unspecified atom stereocenters. The van der Waals surface area contributed by atoms with E-state index in [0.29, 0.717) is 18.7 Å². The van der Waals surface area contributed by atoms with Crippen molar-refractivity contribution in [2.75, 3.05) is 27.2 Å². The molecule has 21 heavy (non-hydrogen) atoms. The lowest BCUT2D eigenvalue weighted by molar-refractivity contribution is 0.0571. The smallest absolute Gasteiger partial charge is 0.246 e. The van der Waals surface area contributed by atoms with Crippen LogP contribution in [0.15, 0.2) is 23.1 Å². The van der Waals surface area contributed by atoms with Gasteiger partial charge < -0.3 is 10.1 Å². The SMILES string of the molecule is CNCc1ccc(S(=O)(=O)N2CCCC(OC)C2)c(F)c1. The number of sulfonamides is 1. The van der Waals surface area contributed by atoms with Crippen molar-refractivity contribution in [2.45, 2.75) is 30.4 Å². The van der Waals surface area contributed by atoms with E-state index in [4.69, 9.17) is 4.74 Å². The molecule has 0 aliphatic carbocycles. The first-order valence-corrected chi connectivity index (χ1v) is 8.39. The molecule has 1 N–H and O–H groups in total. The molecule has 1 aromatic carbocycles. The minimum absolute atomic E-state index is 0.125. The van der Waals surface area contributed by atoms with Crippen molar-refractivity contribution in [1.82, 2.24) is 9.62 Å². The van der Waals surface area contributed by atoms with Crippen LogP contribution in [0.3, 0.4) is 0 Å². The highest BCUT2D eigenvalue weighted by molar-refractivity contribution is 7.89. The number of nitrogens with zero attached hydrogens (tertiary/aromatic N) is 1. The van der Waals surface area contributed by atoms with Crippen LogP contribution in [0.2, 0.25) is 0 Å². The van der Waals surface area contributed by atoms with E-state index in [1.807, 2.05) is 0 Å². The largest absolute Gasteiger partial charge is 0.380 e. The summed E-state index contributed by atoms with van der Waals surface area (Å²) in [7, 11) is -0.495. The van der Waals surface area contributed by atoms with E-state index in [1.54, 1.807) is 20.2 Å². The van der Waals surface area contributed by atoms with Crippen LogP contribution in [0.5, 0.6) is 0 Å². The molecule has 0 saturated carbocycles. The number of methoxy groups -OCH3 is 1. The summed E-state index contributed by atoms with van der Waals surface area (Å²) in [6.07, 6.45) is 1.42. The molecule has 1 heterocycles. The summed E-state index contributed by atoms with van der Waals surface area (Å²) in [5, 5.41) is 2.90. The maximum Gasteiger partial charge on any atom is 0.246 e. The third-order valence-corrected chi connectivity index (χ3v) is 5.57. The molecule has 0 aromatic heterocycles. The van der Waals surface area contributed by atoms with Crippen molar-refractivity contribution < 1.29 is 17.5 Å². The van der Waals surface area contributed by atoms with Gasteiger partial charge in [0.2, 0.25) is 10.0 Å². The van der Waals surface area contributed by atoms with Crippen LogP contribution in [0.25, 0.3) is 0 Å². The molecule has 7 heteroatoms. The third kappa shape index (κ3) is 3.60. The van der Waals surface area contributed by atoms with Gasteiger partial charge in [-0.15, -0.1) is 0 Å². The quantitative estimate of drug-likeness (QED) is 0.891. The van der Waals surface area contributed by atoms with Gasteiger partial charge in [0.25, 0.3) is 0 Å². The van der Waals surface area contributed by atoms with Gasteiger partial charge in [0.15, 0.2) is 0 Å². The first kappa shape index (κ1) is 16.4. The fraction of sp³-hybridized carbons (Fsp3) is 0.571. The number of hydrogen-bond acceptors (Lipinski definition) is 4. The highest BCUT2D eigenvalue weighted by atomic mass is 32.2. The zero-order valence-corrected chi connectivity index (χ0v) is 13.1. The van der Waals surface area contributed by atoms with E-state index in [0.717, 1.165) is 12.8 Å². The predicted molar refractivity (Wildman–Crippen MR) is 78.0 cm³/mol. The number of halogens is 1. The van der Waals surface area contributed by atoms with Crippen LogP contribution in [0.1, 0.15) is 18.4 Å². The zero-order valence-electron chi connectivity index (χ0n) is 12.3. The Morgan fingerprint density at radius 3 is 2.86 bits per heavy atom. The lowest BCUT2D eigenvalue weighted by Gasteiger charge is -2.31. The second-order valence-corrected chi connectivity index (χ2v) is 7.06. The molecule has 1 aliphatic heterocycles. The van der Waals surface area contributed by atoms with Gasteiger partial charge in [-0.05, 0) is 37.6 Å². The van der Waals surface area contributed by atoms with Crippen LogP contribution in [-0.2, 0) is 21.3 Å². The average molecular weight is 316 g/mol. The summed E-state index contributed by atoms with van der Waals surface area (Å²) in [6.45, 7) is 1.17. The van der Waals surface area contributed by atoms with Gasteiger partial charge in [-0.3, -0.25) is 0 Å². The predicted octanol–water partition coefficient (Wildman–Crippen LogP) is 1.34. The fourth-order valence-corrected chi connectivity index (χ4v) is 4.08. The maximum absolute atomic E-state index is 14.1. The summed E-state index contributed by atoms with van der Waals surface area (Å²) in [5.74, 6) is -0.706. The fourth-order valence-electron chi connectivity index (χ4n) is 2.52. The molecule has 0 bridgehead atoms. The molecule has 1 aromatic rings. The van der Waals surface area contributed by atoms with E-state index < -0.39 is 15.8 Å². The standard InChI is InChI=1S/C14H21FN2O3S/c1-16-9-11-5-6-14(13(15)8-11)21(18,19)17-7-3-4-12(10-17)20-2/h5-6,8,12,16H,3-4,7,9-10H2,1-2H3. The Balaban J connectivity index is 2.26. The molecule has 1 saturated heterocycles. The molecule has 0 amide bonds. The Bertz CT molecular complexity index is 592. The van der Waals surface area contributed by atoms with Gasteiger partial charge in [-0.25, -0.2) is 12.8 Å². The lowest BCUT2D eigenvalue weighted by atomic mass is 10.1. The van der Waals surface area contributed by atoms with Gasteiger partial charge in [0, 0.05) is 26.7 Å². The van der Waals surface area contributed by atoms with Crippen LogP contribution in [0.4, 0.5) is 4.39 Å². The lowest BCUT2D eigenvalue weighted by Crippen LogP contribution is -2.43. The molecular formula is C14H21FN2O3S. The van der Waals surface area contributed by atoms with Gasteiger partial charge in [-0.2, -0.15) is 4.31 Å². The van der Waals surface area contributed by atoms with Crippen LogP contribution >= 0.6 is 0 Å². The van der Waals surface area contributed by atoms with Crippen LogP contribution in [-0.4, -0.2) is 46.1 Å². The minimum Gasteiger partial charge on any atom is -0.380 e. The molecule has 1 aliphatic rings. The summed E-state index contributed by atoms with van der Waals surface area (Å²) in [4.78, 5) is -0.265. The molecule has 0 spiro atoms. The van der Waals surface area contributed by atoms with E-state index in [1.165, 1.54) is 16.4 Å². The summed E-state index contributed by atoms with van der Waals surface area (Å²) in [5.41, 5.74) is 0.711. The molecular weight excluding hydrogens is 295 g/mol. The first-order valence-electron chi connectivity index (χ1n) is 6.95. The Labute approximate surface area is 125 Å². The highest BCUT2D eigenvalue weighted by Gasteiger charge is 2.32. The third-order valence-electron chi connectivity index (χ3n) is 3.67. The Kier molecular flexibility index (Phi) is 5.32. The van der Waals surface area contributed by atoms with Gasteiger partial charge in [0.05, 0.1) is 6.10 Å². The summed E-state index contributed by atoms with van der Waals surface area (Å²) < 4.78 is 45.8. The number of rotatable bonds is 5. The maximum atomic E-state index is 14.1. The summed E-state index contributed by atoms with van der Waals surface area (Å²) >= 11 is 0. The van der Waals surface area contributed by atoms with E-state index in [2.05, 4.69) is 5.32 Å². The zero-order chi connectivity index (χ0) is 15.5. The van der Waals surface area contributed by atoms with E-state index >= 15 is 0 Å². The van der Waals surface area contributed by atoms with Crippen molar-refractivity contribution in [1.29, 1.82) is 0 Å². The van der Waals surface area contributed by atoms with Crippen LogP contribution < -0.4 is 5.32 Å². The van der Waals surface area contributed by atoms with Crippen molar-refractivity contribution in [2.24, 2.45) is 0 Å². The Hall–Kier alpha value is -1.02. The summed E-state index contributed by atoms with van der Waals surface area (Å²) in [6, 6.07) is 4.24.